The van der Waals surface area contributed by atoms with E-state index in [1.807, 2.05) is 50.2 Å². The smallest absolute Gasteiger partial charge is 0.338 e. The van der Waals surface area contributed by atoms with Crippen LogP contribution in [-0.2, 0) is 19.1 Å². The van der Waals surface area contributed by atoms with Crippen LogP contribution in [0, 0.1) is 36.5 Å². The van der Waals surface area contributed by atoms with Gasteiger partial charge in [-0.05, 0) is 99.0 Å². The number of H-pyrrole nitrogens is 1. The van der Waals surface area contributed by atoms with Gasteiger partial charge in [0.1, 0.15) is 0 Å². The van der Waals surface area contributed by atoms with Crippen LogP contribution in [0.5, 0.6) is 11.5 Å². The molecule has 2 bridgehead atoms. The van der Waals surface area contributed by atoms with Gasteiger partial charge in [0.15, 0.2) is 18.1 Å². The summed E-state index contributed by atoms with van der Waals surface area (Å²) in [4.78, 5) is 71.1. The van der Waals surface area contributed by atoms with Crippen molar-refractivity contribution < 1.29 is 33.4 Å². The number of carbonyl (C=O) groups excluding carboxylic acids is 4. The predicted molar refractivity (Wildman–Crippen MR) is 196 cm³/mol. The first-order valence-corrected chi connectivity index (χ1v) is 19.2. The lowest BCUT2D eigenvalue weighted by molar-refractivity contribution is -0.123. The van der Waals surface area contributed by atoms with Crippen LogP contribution in [0.4, 0.5) is 11.4 Å². The summed E-state index contributed by atoms with van der Waals surface area (Å²) in [6, 6.07) is 19.6. The van der Waals surface area contributed by atoms with Crippen molar-refractivity contribution in [2.45, 2.75) is 43.4 Å². The summed E-state index contributed by atoms with van der Waals surface area (Å²) in [6.07, 6.45) is 0.746. The van der Waals surface area contributed by atoms with Crippen LogP contribution in [0.25, 0.3) is 0 Å². The highest BCUT2D eigenvalue weighted by molar-refractivity contribution is 8.00. The summed E-state index contributed by atoms with van der Waals surface area (Å²) in [5.41, 5.74) is 3.48. The van der Waals surface area contributed by atoms with Crippen molar-refractivity contribution in [3.8, 4) is 11.5 Å². The summed E-state index contributed by atoms with van der Waals surface area (Å²) in [5, 5.41) is 3.66. The number of esters is 1. The molecule has 3 amide bonds. The van der Waals surface area contributed by atoms with E-state index in [2.05, 4.69) is 10.3 Å². The van der Waals surface area contributed by atoms with Crippen LogP contribution in [0.2, 0.25) is 0 Å². The molecule has 1 aromatic heterocycles. The summed E-state index contributed by atoms with van der Waals surface area (Å²) >= 11 is 2.80. The number of imide groups is 1. The minimum atomic E-state index is -0.482. The number of rotatable bonds is 10. The second-order valence-corrected chi connectivity index (χ2v) is 15.8. The highest BCUT2D eigenvalue weighted by Crippen LogP contribution is 2.68. The third-order valence-corrected chi connectivity index (χ3v) is 13.3. The average Bonchev–Trinajstić information content (AvgIpc) is 3.87. The van der Waals surface area contributed by atoms with Gasteiger partial charge < -0.3 is 24.5 Å². The fraction of sp³-hybridized carbons (Fsp3) is 0.359. The molecular formula is C39H37N3O8S2. The number of thioether (sulfide) groups is 1. The van der Waals surface area contributed by atoms with E-state index in [0.29, 0.717) is 35.0 Å². The normalized spacial score (nSPS) is 25.4. The molecule has 268 valence electrons. The second kappa shape index (κ2) is 13.6. The summed E-state index contributed by atoms with van der Waals surface area (Å²) in [7, 11) is 0. The lowest BCUT2D eigenvalue weighted by atomic mass is 9.68. The molecule has 2 aliphatic carbocycles. The van der Waals surface area contributed by atoms with Crippen molar-refractivity contribution in [2.24, 2.45) is 29.6 Å². The molecule has 0 radical (unpaired) electrons. The van der Waals surface area contributed by atoms with Crippen LogP contribution in [0.3, 0.4) is 0 Å². The number of thiazole rings is 1. The number of benzene rings is 3. The van der Waals surface area contributed by atoms with E-state index in [9.17, 15) is 24.0 Å². The predicted octanol–water partition coefficient (Wildman–Crippen LogP) is 6.02. The monoisotopic (exact) mass is 739 g/mol. The van der Waals surface area contributed by atoms with Crippen molar-refractivity contribution in [3.63, 3.8) is 0 Å². The molecule has 4 aromatic rings. The van der Waals surface area contributed by atoms with Gasteiger partial charge >= 0.3 is 10.8 Å². The SMILES string of the molecule is CCOC(=O)c1ccc(N2C(=O)C3C4CC(C3C2=O)C2C4Sc3[nH]c(=O)sc3[C@@H]2c2ccc(OCC(=O)Nc3ccc(C)cc3)c(OCC)c2)cc1. The first-order chi connectivity index (χ1) is 25.2. The molecule has 52 heavy (non-hydrogen) atoms. The Balaban J connectivity index is 1.08. The number of hydrogen-bond acceptors (Lipinski definition) is 10. The lowest BCUT2D eigenvalue weighted by Crippen LogP contribution is -2.42. The molecule has 3 aromatic carbocycles. The quantitative estimate of drug-likeness (QED) is 0.148. The minimum absolute atomic E-state index is 0.00818. The molecule has 8 rings (SSSR count). The molecule has 6 unspecified atom stereocenters. The van der Waals surface area contributed by atoms with Gasteiger partial charge in [0.05, 0.1) is 41.3 Å². The van der Waals surface area contributed by atoms with Crippen LogP contribution >= 0.6 is 23.1 Å². The number of nitrogens with zero attached hydrogens (tertiary/aromatic N) is 1. The van der Waals surface area contributed by atoms with E-state index < -0.39 is 17.8 Å². The van der Waals surface area contributed by atoms with E-state index in [1.165, 1.54) is 16.2 Å². The topological polar surface area (TPSA) is 144 Å². The van der Waals surface area contributed by atoms with Gasteiger partial charge in [-0.2, -0.15) is 0 Å². The molecule has 3 fully saturated rings. The van der Waals surface area contributed by atoms with Crippen LogP contribution in [0.1, 0.15) is 52.5 Å². The van der Waals surface area contributed by atoms with Crippen molar-refractivity contribution >= 4 is 58.2 Å². The number of nitrogens with one attached hydrogen (secondary N) is 2. The fourth-order valence-corrected chi connectivity index (χ4v) is 11.6. The lowest BCUT2D eigenvalue weighted by Gasteiger charge is -2.43. The van der Waals surface area contributed by atoms with Crippen LogP contribution in [0.15, 0.2) is 76.6 Å². The molecule has 2 saturated carbocycles. The maximum absolute atomic E-state index is 14.2. The van der Waals surface area contributed by atoms with Gasteiger partial charge in [-0.25, -0.2) is 4.79 Å². The first kappa shape index (κ1) is 34.2. The van der Waals surface area contributed by atoms with Crippen molar-refractivity contribution in [2.75, 3.05) is 30.0 Å². The molecule has 2 N–H and O–H groups in total. The van der Waals surface area contributed by atoms with Gasteiger partial charge in [0.25, 0.3) is 5.91 Å². The molecule has 11 nitrogen and oxygen atoms in total. The number of carbonyl (C=O) groups is 4. The van der Waals surface area contributed by atoms with Crippen molar-refractivity contribution in [3.05, 3.63) is 98.0 Å². The molecule has 7 atom stereocenters. The Labute approximate surface area is 308 Å². The molecule has 4 aliphatic rings. The molecule has 3 heterocycles. The maximum Gasteiger partial charge on any atom is 0.338 e. The number of aryl methyl sites for hydroxylation is 1. The van der Waals surface area contributed by atoms with Crippen molar-refractivity contribution in [1.29, 1.82) is 0 Å². The third kappa shape index (κ3) is 5.79. The number of ether oxygens (including phenoxy) is 3. The third-order valence-electron chi connectivity index (χ3n) is 10.7. The van der Waals surface area contributed by atoms with E-state index >= 15 is 0 Å². The number of aromatic nitrogens is 1. The average molecular weight is 740 g/mol. The number of hydrogen-bond donors (Lipinski definition) is 2. The standard InChI is InChI=1S/C39H37N3O8S2/c1-4-48-27-16-21(10-15-26(27)50-18-28(43)40-22-11-6-19(3)7-12-22)29-30-24-17-25(33(30)51-35-34(29)52-39(47)41-35)32-31(24)36(44)42(37(32)45)23-13-8-20(9-14-23)38(46)49-5-2/h6-16,24-25,29-33H,4-5,17-18H2,1-3H3,(H,40,43)(H,41,47)/t24?,25?,29-,30?,31?,32?,33?/m1/s1. The Morgan fingerprint density at radius 3 is 2.33 bits per heavy atom. The summed E-state index contributed by atoms with van der Waals surface area (Å²) < 4.78 is 17.1. The van der Waals surface area contributed by atoms with Gasteiger partial charge in [-0.1, -0.05) is 35.1 Å². The van der Waals surface area contributed by atoms with Crippen LogP contribution < -0.4 is 24.6 Å². The molecular weight excluding hydrogens is 703 g/mol. The number of aromatic amines is 1. The number of anilines is 2. The minimum Gasteiger partial charge on any atom is -0.490 e. The zero-order valence-electron chi connectivity index (χ0n) is 28.8. The number of fused-ring (bicyclic) bond motifs is 9. The largest absolute Gasteiger partial charge is 0.490 e. The van der Waals surface area contributed by atoms with Gasteiger partial charge in [-0.15, -0.1) is 11.8 Å². The Morgan fingerprint density at radius 1 is 0.885 bits per heavy atom. The van der Waals surface area contributed by atoms with Gasteiger partial charge in [-0.3, -0.25) is 24.1 Å². The molecule has 2 aliphatic heterocycles. The molecule has 1 saturated heterocycles. The Bertz CT molecular complexity index is 2130. The Morgan fingerprint density at radius 2 is 1.62 bits per heavy atom. The van der Waals surface area contributed by atoms with E-state index in [0.717, 1.165) is 27.5 Å². The number of amides is 3. The summed E-state index contributed by atoms with van der Waals surface area (Å²) in [6.45, 7) is 5.98. The van der Waals surface area contributed by atoms with E-state index in [1.54, 1.807) is 49.0 Å². The van der Waals surface area contributed by atoms with Gasteiger partial charge in [0.2, 0.25) is 11.8 Å². The van der Waals surface area contributed by atoms with Crippen LogP contribution in [-0.4, -0.2) is 53.7 Å². The highest BCUT2D eigenvalue weighted by Gasteiger charge is 2.69. The van der Waals surface area contributed by atoms with E-state index in [4.69, 9.17) is 14.2 Å². The second-order valence-electron chi connectivity index (χ2n) is 13.6. The zero-order chi connectivity index (χ0) is 36.3. The first-order valence-electron chi connectivity index (χ1n) is 17.5. The van der Waals surface area contributed by atoms with E-state index in [-0.39, 0.29) is 64.7 Å². The Hall–Kier alpha value is -4.88. The Kier molecular flexibility index (Phi) is 8.94. The molecule has 13 heteroatoms. The highest BCUT2D eigenvalue weighted by atomic mass is 32.2. The summed E-state index contributed by atoms with van der Waals surface area (Å²) in [5.74, 6) is -1.60. The van der Waals surface area contributed by atoms with Gasteiger partial charge in [0, 0.05) is 21.7 Å². The fourth-order valence-electron chi connectivity index (χ4n) is 8.69. The zero-order valence-corrected chi connectivity index (χ0v) is 30.4. The maximum atomic E-state index is 14.2. The van der Waals surface area contributed by atoms with Crippen molar-refractivity contribution in [1.82, 2.24) is 4.98 Å². The molecule has 0 spiro atoms.